The average molecular weight is 408 g/mol. The molecule has 1 aliphatic heterocycles. The Morgan fingerprint density at radius 2 is 1.97 bits per heavy atom. The molecule has 1 aromatic carbocycles. The molecule has 1 aliphatic carbocycles. The molecule has 1 saturated carbocycles. The first-order chi connectivity index (χ1) is 14.6. The first kappa shape index (κ1) is 19.1. The molecule has 0 radical (unpaired) electrons. The minimum absolute atomic E-state index is 0.0747. The lowest BCUT2D eigenvalue weighted by Gasteiger charge is -2.31. The normalized spacial score (nSPS) is 19.4. The van der Waals surface area contributed by atoms with Crippen molar-refractivity contribution in [2.75, 3.05) is 29.9 Å². The Kier molecular flexibility index (Phi) is 4.94. The van der Waals surface area contributed by atoms with Crippen molar-refractivity contribution in [3.8, 4) is 0 Å². The predicted octanol–water partition coefficient (Wildman–Crippen LogP) is 1.93. The van der Waals surface area contributed by atoms with Gasteiger partial charge in [0.1, 0.15) is 0 Å². The third-order valence-corrected chi connectivity index (χ3v) is 6.14. The molecule has 1 atom stereocenters. The van der Waals surface area contributed by atoms with Crippen LogP contribution in [0.4, 0.5) is 11.9 Å². The molecule has 3 aromatic rings. The van der Waals surface area contributed by atoms with Gasteiger partial charge in [0.25, 0.3) is 5.56 Å². The predicted molar refractivity (Wildman–Crippen MR) is 119 cm³/mol. The van der Waals surface area contributed by atoms with Gasteiger partial charge >= 0.3 is 0 Å². The van der Waals surface area contributed by atoms with Gasteiger partial charge in [0.05, 0.1) is 6.54 Å². The summed E-state index contributed by atoms with van der Waals surface area (Å²) < 4.78 is 3.63. The Hall–Kier alpha value is -2.87. The van der Waals surface area contributed by atoms with Crippen molar-refractivity contribution in [2.24, 2.45) is 18.7 Å². The summed E-state index contributed by atoms with van der Waals surface area (Å²) in [6, 6.07) is 10.3. The molecule has 8 heteroatoms. The summed E-state index contributed by atoms with van der Waals surface area (Å²) in [5.41, 5.74) is 8.34. The van der Waals surface area contributed by atoms with Crippen LogP contribution in [0.15, 0.2) is 35.1 Å². The lowest BCUT2D eigenvalue weighted by molar-refractivity contribution is 0.495. The molecule has 158 valence electrons. The van der Waals surface area contributed by atoms with Gasteiger partial charge in [-0.15, -0.1) is 0 Å². The SMILES string of the molecule is Cn1c(NCC2CC2)nc2nc(N3CCCC(N)C3)n(Cc3ccccc3)c2c1=O. The number of nitrogens with zero attached hydrogens (tertiary/aromatic N) is 5. The summed E-state index contributed by atoms with van der Waals surface area (Å²) in [6.45, 7) is 3.05. The van der Waals surface area contributed by atoms with Crippen molar-refractivity contribution in [3.63, 3.8) is 0 Å². The van der Waals surface area contributed by atoms with Crippen molar-refractivity contribution in [1.82, 2.24) is 19.1 Å². The third-order valence-electron chi connectivity index (χ3n) is 6.14. The van der Waals surface area contributed by atoms with E-state index in [9.17, 15) is 4.79 Å². The first-order valence-corrected chi connectivity index (χ1v) is 10.9. The Balaban J connectivity index is 1.61. The maximum absolute atomic E-state index is 13.4. The Bertz CT molecular complexity index is 1100. The number of rotatable bonds is 6. The van der Waals surface area contributed by atoms with E-state index in [4.69, 9.17) is 15.7 Å². The van der Waals surface area contributed by atoms with E-state index >= 15 is 0 Å². The van der Waals surface area contributed by atoms with E-state index in [1.807, 2.05) is 22.8 Å². The Labute approximate surface area is 175 Å². The van der Waals surface area contributed by atoms with E-state index in [0.717, 1.165) is 44.0 Å². The molecule has 0 bridgehead atoms. The number of imidazole rings is 1. The van der Waals surface area contributed by atoms with E-state index in [1.54, 1.807) is 11.6 Å². The van der Waals surface area contributed by atoms with Crippen molar-refractivity contribution in [1.29, 1.82) is 0 Å². The van der Waals surface area contributed by atoms with Crippen LogP contribution in [0.2, 0.25) is 0 Å². The Morgan fingerprint density at radius 1 is 1.17 bits per heavy atom. The van der Waals surface area contributed by atoms with E-state index in [-0.39, 0.29) is 11.6 Å². The molecule has 8 nitrogen and oxygen atoms in total. The summed E-state index contributed by atoms with van der Waals surface area (Å²) >= 11 is 0. The molecule has 2 fully saturated rings. The zero-order valence-electron chi connectivity index (χ0n) is 17.4. The van der Waals surface area contributed by atoms with E-state index in [1.165, 1.54) is 12.8 Å². The fourth-order valence-electron chi connectivity index (χ4n) is 4.21. The quantitative estimate of drug-likeness (QED) is 0.648. The van der Waals surface area contributed by atoms with Crippen molar-refractivity contribution in [3.05, 3.63) is 46.2 Å². The number of nitrogens with two attached hydrogens (primary N) is 1. The van der Waals surface area contributed by atoms with Crippen LogP contribution in [0, 0.1) is 5.92 Å². The number of hydrogen-bond donors (Lipinski definition) is 2. The van der Waals surface area contributed by atoms with Crippen LogP contribution in [0.3, 0.4) is 0 Å². The number of fused-ring (bicyclic) bond motifs is 1. The van der Waals surface area contributed by atoms with Crippen LogP contribution < -0.4 is 21.5 Å². The fraction of sp³-hybridized carbons (Fsp3) is 0.500. The Morgan fingerprint density at radius 3 is 2.70 bits per heavy atom. The fourth-order valence-corrected chi connectivity index (χ4v) is 4.21. The van der Waals surface area contributed by atoms with Crippen LogP contribution in [0.5, 0.6) is 0 Å². The van der Waals surface area contributed by atoms with Crippen molar-refractivity contribution in [2.45, 2.75) is 38.3 Å². The molecule has 3 heterocycles. The molecule has 1 saturated heterocycles. The molecule has 5 rings (SSSR count). The standard InChI is InChI=1S/C22H29N7O/c1-27-20(30)18-19(25-21(27)24-12-15-9-10-15)26-22(28-11-5-8-17(23)14-28)29(18)13-16-6-3-2-4-7-16/h2-4,6-7,15,17H,5,8-14,23H2,1H3,(H,24,25). The lowest BCUT2D eigenvalue weighted by Crippen LogP contribution is -2.44. The summed E-state index contributed by atoms with van der Waals surface area (Å²) in [4.78, 5) is 25.1. The van der Waals surface area contributed by atoms with Crippen LogP contribution in [0.1, 0.15) is 31.2 Å². The number of aromatic nitrogens is 4. The molecule has 2 aliphatic rings. The largest absolute Gasteiger partial charge is 0.355 e. The number of piperidine rings is 1. The van der Waals surface area contributed by atoms with E-state index in [2.05, 4.69) is 22.3 Å². The molecular formula is C22H29N7O. The molecular weight excluding hydrogens is 378 g/mol. The minimum atomic E-state index is -0.0747. The van der Waals surface area contributed by atoms with Gasteiger partial charge in [-0.1, -0.05) is 30.3 Å². The van der Waals surface area contributed by atoms with Gasteiger partial charge in [-0.25, -0.2) is 0 Å². The number of anilines is 2. The summed E-state index contributed by atoms with van der Waals surface area (Å²) in [7, 11) is 1.78. The number of benzene rings is 1. The van der Waals surface area contributed by atoms with E-state index < -0.39 is 0 Å². The van der Waals surface area contributed by atoms with Gasteiger partial charge in [0.2, 0.25) is 11.9 Å². The van der Waals surface area contributed by atoms with Gasteiger partial charge in [-0.05, 0) is 37.2 Å². The smallest absolute Gasteiger partial charge is 0.281 e. The van der Waals surface area contributed by atoms with E-state index in [0.29, 0.717) is 29.6 Å². The zero-order chi connectivity index (χ0) is 20.7. The highest BCUT2D eigenvalue weighted by Gasteiger charge is 2.26. The topological polar surface area (TPSA) is 94.0 Å². The average Bonchev–Trinajstić information content (AvgIpc) is 3.51. The monoisotopic (exact) mass is 407 g/mol. The highest BCUT2D eigenvalue weighted by atomic mass is 16.1. The third kappa shape index (κ3) is 3.67. The second kappa shape index (κ2) is 7.75. The summed E-state index contributed by atoms with van der Waals surface area (Å²) in [5.74, 6) is 2.07. The maximum atomic E-state index is 13.4. The molecule has 1 unspecified atom stereocenters. The van der Waals surface area contributed by atoms with Gasteiger partial charge in [0.15, 0.2) is 11.2 Å². The molecule has 0 amide bonds. The highest BCUT2D eigenvalue weighted by Crippen LogP contribution is 2.29. The highest BCUT2D eigenvalue weighted by molar-refractivity contribution is 5.75. The molecule has 2 aromatic heterocycles. The van der Waals surface area contributed by atoms with Gasteiger partial charge in [-0.2, -0.15) is 9.97 Å². The second-order valence-electron chi connectivity index (χ2n) is 8.63. The van der Waals surface area contributed by atoms with Crippen LogP contribution in [0.25, 0.3) is 11.2 Å². The second-order valence-corrected chi connectivity index (χ2v) is 8.63. The minimum Gasteiger partial charge on any atom is -0.355 e. The summed E-state index contributed by atoms with van der Waals surface area (Å²) in [6.07, 6.45) is 4.53. The molecule has 30 heavy (non-hydrogen) atoms. The lowest BCUT2D eigenvalue weighted by atomic mass is 10.1. The maximum Gasteiger partial charge on any atom is 0.281 e. The van der Waals surface area contributed by atoms with Gasteiger partial charge < -0.3 is 16.0 Å². The van der Waals surface area contributed by atoms with Gasteiger partial charge in [0, 0.05) is 32.7 Å². The van der Waals surface area contributed by atoms with Crippen molar-refractivity contribution >= 4 is 23.1 Å². The summed E-state index contributed by atoms with van der Waals surface area (Å²) in [5, 5.41) is 3.34. The molecule has 0 spiro atoms. The van der Waals surface area contributed by atoms with Crippen LogP contribution in [-0.2, 0) is 13.6 Å². The van der Waals surface area contributed by atoms with Crippen LogP contribution >= 0.6 is 0 Å². The number of hydrogen-bond acceptors (Lipinski definition) is 6. The first-order valence-electron chi connectivity index (χ1n) is 10.9. The zero-order valence-corrected chi connectivity index (χ0v) is 17.4. The molecule has 3 N–H and O–H groups in total. The van der Waals surface area contributed by atoms with Gasteiger partial charge in [-0.3, -0.25) is 13.9 Å². The van der Waals surface area contributed by atoms with Crippen LogP contribution in [-0.4, -0.2) is 44.8 Å². The number of nitrogens with one attached hydrogen (secondary N) is 1. The van der Waals surface area contributed by atoms with Crippen molar-refractivity contribution < 1.29 is 0 Å².